The second-order valence-corrected chi connectivity index (χ2v) is 3.95. The fourth-order valence-electron chi connectivity index (χ4n) is 1.09. The summed E-state index contributed by atoms with van der Waals surface area (Å²) in [5.41, 5.74) is 1.49. The highest BCUT2D eigenvalue weighted by Gasteiger charge is 1.98. The number of carboxylic acid groups (broad SMARTS) is 1. The van der Waals surface area contributed by atoms with Crippen molar-refractivity contribution in [3.63, 3.8) is 0 Å². The van der Waals surface area contributed by atoms with E-state index in [2.05, 4.69) is 5.32 Å². The number of carbonyl (C=O) groups is 1. The summed E-state index contributed by atoms with van der Waals surface area (Å²) in [5.74, 6) is 0.0158. The van der Waals surface area contributed by atoms with E-state index in [1.54, 1.807) is 24.3 Å². The first-order valence-electron chi connectivity index (χ1n) is 4.24. The van der Waals surface area contributed by atoms with Crippen molar-refractivity contribution in [2.45, 2.75) is 12.3 Å². The molecule has 0 bridgehead atoms. The van der Waals surface area contributed by atoms with Gasteiger partial charge in [0.1, 0.15) is 10.7 Å². The van der Waals surface area contributed by atoms with E-state index in [1.165, 1.54) is 0 Å². The van der Waals surface area contributed by atoms with E-state index in [0.717, 1.165) is 5.56 Å². The Morgan fingerprint density at radius 3 is 2.20 bits per heavy atom. The maximum Gasteiger partial charge on any atom is 0.404 e. The van der Waals surface area contributed by atoms with Gasteiger partial charge >= 0.3 is 6.09 Å². The van der Waals surface area contributed by atoms with Crippen molar-refractivity contribution in [2.75, 3.05) is 0 Å². The van der Waals surface area contributed by atoms with Crippen LogP contribution in [0.3, 0.4) is 0 Å². The Balaban J connectivity index is 2.59. The van der Waals surface area contributed by atoms with Crippen LogP contribution in [0.15, 0.2) is 24.3 Å². The zero-order valence-electron chi connectivity index (χ0n) is 7.84. The maximum atomic E-state index is 10.4. The summed E-state index contributed by atoms with van der Waals surface area (Å²) in [6.45, 7) is 0.221. The van der Waals surface area contributed by atoms with E-state index in [0.29, 0.717) is 5.56 Å². The van der Waals surface area contributed by atoms with Gasteiger partial charge in [0.2, 0.25) is 0 Å². The van der Waals surface area contributed by atoms with Crippen molar-refractivity contribution < 1.29 is 18.3 Å². The summed E-state index contributed by atoms with van der Waals surface area (Å²) >= 11 is 0. The predicted octanol–water partition coefficient (Wildman–Crippen LogP) is 0.566. The third-order valence-electron chi connectivity index (χ3n) is 1.78. The lowest BCUT2D eigenvalue weighted by atomic mass is 10.1. The predicted molar refractivity (Wildman–Crippen MR) is 55.3 cm³/mol. The number of nitrogens with one attached hydrogen (secondary N) is 1. The molecule has 5 nitrogen and oxygen atoms in total. The van der Waals surface area contributed by atoms with Crippen LogP contribution in [0.2, 0.25) is 0 Å². The summed E-state index contributed by atoms with van der Waals surface area (Å²) in [7, 11) is -2.41. The highest BCUT2D eigenvalue weighted by atomic mass is 32.2. The van der Waals surface area contributed by atoms with Crippen molar-refractivity contribution in [1.82, 2.24) is 5.32 Å². The minimum atomic E-state index is -2.41. The molecular weight excluding hydrogens is 218 g/mol. The summed E-state index contributed by atoms with van der Waals surface area (Å²) in [6, 6.07) is 6.74. The van der Waals surface area contributed by atoms with E-state index in [1.807, 2.05) is 0 Å². The molecule has 0 unspecified atom stereocenters. The van der Waals surface area contributed by atoms with Crippen LogP contribution in [-0.2, 0) is 23.0 Å². The second kappa shape index (κ2) is 5.35. The summed E-state index contributed by atoms with van der Waals surface area (Å²) in [5, 5.41) is 10.6. The molecule has 0 aliphatic carbocycles. The van der Waals surface area contributed by atoms with Crippen molar-refractivity contribution >= 4 is 16.8 Å². The van der Waals surface area contributed by atoms with E-state index < -0.39 is 16.8 Å². The lowest BCUT2D eigenvalue weighted by Gasteiger charge is -2.01. The van der Waals surface area contributed by atoms with Crippen LogP contribution in [0, 0.1) is 0 Å². The van der Waals surface area contributed by atoms with Crippen LogP contribution in [0.1, 0.15) is 11.1 Å². The molecule has 1 amide bonds. The quantitative estimate of drug-likeness (QED) is 0.659. The number of rotatable bonds is 4. The van der Waals surface area contributed by atoms with Crippen molar-refractivity contribution in [1.29, 1.82) is 0 Å². The van der Waals surface area contributed by atoms with E-state index in [9.17, 15) is 13.2 Å². The minimum absolute atomic E-state index is 0.0158. The van der Waals surface area contributed by atoms with Gasteiger partial charge in [-0.1, -0.05) is 24.3 Å². The molecule has 82 valence electrons. The smallest absolute Gasteiger partial charge is 0.404 e. The van der Waals surface area contributed by atoms with Crippen LogP contribution in [0.25, 0.3) is 0 Å². The van der Waals surface area contributed by atoms with E-state index in [-0.39, 0.29) is 12.3 Å². The lowest BCUT2D eigenvalue weighted by Crippen LogP contribution is -2.19. The summed E-state index contributed by atoms with van der Waals surface area (Å²) in [6.07, 6.45) is -1.08. The van der Waals surface area contributed by atoms with Crippen LogP contribution in [0.4, 0.5) is 4.79 Å². The average Bonchev–Trinajstić information content (AvgIpc) is 2.16. The van der Waals surface area contributed by atoms with Gasteiger partial charge in [0.25, 0.3) is 0 Å². The monoisotopic (exact) mass is 229 g/mol. The molecule has 6 heteroatoms. The third-order valence-corrected chi connectivity index (χ3v) is 2.40. The summed E-state index contributed by atoms with van der Waals surface area (Å²) < 4.78 is 20.8. The van der Waals surface area contributed by atoms with Crippen LogP contribution in [0.5, 0.6) is 0 Å². The van der Waals surface area contributed by atoms with E-state index >= 15 is 0 Å². The van der Waals surface area contributed by atoms with Crippen molar-refractivity contribution in [3.8, 4) is 0 Å². The Hall–Kier alpha value is -1.56. The molecule has 0 aromatic heterocycles. The Morgan fingerprint density at radius 2 is 1.73 bits per heavy atom. The Bertz CT molecular complexity index is 403. The van der Waals surface area contributed by atoms with Gasteiger partial charge in [-0.05, 0) is 11.1 Å². The van der Waals surface area contributed by atoms with Crippen molar-refractivity contribution in [3.05, 3.63) is 35.4 Å². The Labute approximate surface area is 88.7 Å². The molecule has 1 aromatic carbocycles. The zero-order chi connectivity index (χ0) is 11.3. The highest BCUT2D eigenvalue weighted by Crippen LogP contribution is 2.05. The molecular formula is C9H11NO4S. The number of hydrogen-bond donors (Lipinski definition) is 3. The van der Waals surface area contributed by atoms with Gasteiger partial charge in [0.15, 0.2) is 0 Å². The first kappa shape index (κ1) is 11.5. The molecule has 1 rings (SSSR count). The fraction of sp³-hybridized carbons (Fsp3) is 0.222. The number of amides is 1. The van der Waals surface area contributed by atoms with Gasteiger partial charge in [0.05, 0.1) is 5.75 Å². The van der Waals surface area contributed by atoms with Crippen molar-refractivity contribution in [2.24, 2.45) is 0 Å². The molecule has 1 aromatic rings. The van der Waals surface area contributed by atoms with Gasteiger partial charge in [-0.3, -0.25) is 0 Å². The molecule has 0 aliphatic rings. The van der Waals surface area contributed by atoms with Gasteiger partial charge in [0, 0.05) is 6.54 Å². The van der Waals surface area contributed by atoms with Gasteiger partial charge < -0.3 is 10.4 Å². The molecule has 0 radical (unpaired) electrons. The largest absolute Gasteiger partial charge is 0.465 e. The molecule has 0 atom stereocenters. The minimum Gasteiger partial charge on any atom is -0.465 e. The maximum absolute atomic E-state index is 10.4. The van der Waals surface area contributed by atoms with E-state index in [4.69, 9.17) is 5.11 Å². The summed E-state index contributed by atoms with van der Waals surface area (Å²) in [4.78, 5) is 10.2. The highest BCUT2D eigenvalue weighted by molar-refractivity contribution is 7.71. The second-order valence-electron chi connectivity index (χ2n) is 2.97. The van der Waals surface area contributed by atoms with Crippen LogP contribution >= 0.6 is 0 Å². The van der Waals surface area contributed by atoms with Gasteiger partial charge in [-0.2, -0.15) is 0 Å². The topological polar surface area (TPSA) is 83.5 Å². The molecule has 0 fully saturated rings. The fourth-order valence-corrected chi connectivity index (χ4v) is 1.60. The first-order valence-corrected chi connectivity index (χ1v) is 5.60. The third kappa shape index (κ3) is 4.46. The number of thiol groups is 1. The molecule has 0 aliphatic heterocycles. The van der Waals surface area contributed by atoms with Gasteiger partial charge in [-0.25, -0.2) is 13.2 Å². The Morgan fingerprint density at radius 1 is 1.20 bits per heavy atom. The molecule has 0 saturated heterocycles. The van der Waals surface area contributed by atoms with Crippen LogP contribution in [-0.4, -0.2) is 19.6 Å². The number of hydrogen-bond acceptors (Lipinski definition) is 3. The SMILES string of the molecule is O=C(O)NCc1ccc(C[SH](=O)=O)cc1. The van der Waals surface area contributed by atoms with Crippen LogP contribution < -0.4 is 5.32 Å². The molecule has 2 N–H and O–H groups in total. The normalized spacial score (nSPS) is 10.2. The molecule has 0 spiro atoms. The Kier molecular flexibility index (Phi) is 4.11. The molecule has 0 heterocycles. The number of benzene rings is 1. The molecule has 15 heavy (non-hydrogen) atoms. The van der Waals surface area contributed by atoms with Gasteiger partial charge in [-0.15, -0.1) is 0 Å². The molecule has 0 saturated carbocycles. The lowest BCUT2D eigenvalue weighted by molar-refractivity contribution is 0.194. The first-order chi connectivity index (χ1) is 7.08. The standard InChI is InChI=1S/C9H11NO4S/c11-9(12)10-5-7-1-3-8(4-2-7)6-15(13)14/h1-4,10,15H,5-6H2,(H,11,12). The zero-order valence-corrected chi connectivity index (χ0v) is 8.74. The average molecular weight is 229 g/mol.